The summed E-state index contributed by atoms with van der Waals surface area (Å²) in [5, 5.41) is 17.2. The van der Waals surface area contributed by atoms with Crippen LogP contribution >= 0.6 is 11.3 Å². The van der Waals surface area contributed by atoms with Crippen molar-refractivity contribution in [1.29, 1.82) is 5.26 Å². The van der Waals surface area contributed by atoms with Crippen molar-refractivity contribution in [2.24, 2.45) is 0 Å². The molecule has 20 heavy (non-hydrogen) atoms. The van der Waals surface area contributed by atoms with E-state index < -0.39 is 0 Å². The molecule has 0 saturated carbocycles. The van der Waals surface area contributed by atoms with Crippen molar-refractivity contribution >= 4 is 17.2 Å². The zero-order chi connectivity index (χ0) is 13.7. The van der Waals surface area contributed by atoms with Crippen LogP contribution in [0.15, 0.2) is 16.8 Å². The molecule has 1 saturated heterocycles. The van der Waals surface area contributed by atoms with Gasteiger partial charge in [0.05, 0.1) is 0 Å². The van der Waals surface area contributed by atoms with E-state index in [-0.39, 0.29) is 0 Å². The Bertz CT molecular complexity index is 714. The number of nitrogens with one attached hydrogen (secondary N) is 1. The Hall–Kier alpha value is -1.90. The van der Waals surface area contributed by atoms with Gasteiger partial charge in [-0.1, -0.05) is 0 Å². The number of fused-ring (bicyclic) bond motifs is 4. The minimum atomic E-state index is 0.318. The highest BCUT2D eigenvalue weighted by Crippen LogP contribution is 2.43. The minimum Gasteiger partial charge on any atom is -0.383 e. The molecule has 0 radical (unpaired) electrons. The Labute approximate surface area is 121 Å². The molecule has 100 valence electrons. The molecule has 2 aliphatic rings. The largest absolute Gasteiger partial charge is 0.383 e. The second-order valence-corrected chi connectivity index (χ2v) is 6.21. The van der Waals surface area contributed by atoms with Crippen molar-refractivity contribution in [3.05, 3.63) is 33.6 Å². The minimum absolute atomic E-state index is 0.318. The van der Waals surface area contributed by atoms with Crippen LogP contribution in [-0.2, 0) is 6.42 Å². The van der Waals surface area contributed by atoms with Gasteiger partial charge in [0.25, 0.3) is 0 Å². The average molecular weight is 282 g/mol. The molecule has 2 atom stereocenters. The van der Waals surface area contributed by atoms with Gasteiger partial charge in [0.15, 0.2) is 0 Å². The van der Waals surface area contributed by atoms with Gasteiger partial charge in [-0.2, -0.15) is 16.6 Å². The van der Waals surface area contributed by atoms with E-state index in [1.807, 2.05) is 5.38 Å². The van der Waals surface area contributed by atoms with Crippen molar-refractivity contribution in [2.45, 2.75) is 31.3 Å². The van der Waals surface area contributed by atoms with Gasteiger partial charge >= 0.3 is 0 Å². The molecule has 2 aromatic rings. The second-order valence-electron chi connectivity index (χ2n) is 5.43. The molecular weight excluding hydrogens is 268 g/mol. The molecule has 2 aromatic heterocycles. The fraction of sp³-hybridized carbons (Fsp3) is 0.333. The zero-order valence-corrected chi connectivity index (χ0v) is 11.7. The normalized spacial score (nSPS) is 23.4. The number of hydrogen-bond acceptors (Lipinski definition) is 5. The van der Waals surface area contributed by atoms with Crippen molar-refractivity contribution in [3.63, 3.8) is 0 Å². The van der Waals surface area contributed by atoms with E-state index in [4.69, 9.17) is 5.73 Å². The van der Waals surface area contributed by atoms with Crippen LogP contribution in [0.2, 0.25) is 0 Å². The summed E-state index contributed by atoms with van der Waals surface area (Å²) in [6.45, 7) is 0. The number of anilines is 1. The van der Waals surface area contributed by atoms with Gasteiger partial charge in [0.1, 0.15) is 17.5 Å². The Kier molecular flexibility index (Phi) is 2.56. The third-order valence-electron chi connectivity index (χ3n) is 4.29. The summed E-state index contributed by atoms with van der Waals surface area (Å²) in [7, 11) is 0. The van der Waals surface area contributed by atoms with Gasteiger partial charge in [-0.25, -0.2) is 4.98 Å². The number of nitriles is 1. The summed E-state index contributed by atoms with van der Waals surface area (Å²) in [4.78, 5) is 4.51. The maximum atomic E-state index is 9.48. The Balaban J connectivity index is 2.05. The monoisotopic (exact) mass is 282 g/mol. The van der Waals surface area contributed by atoms with Crippen molar-refractivity contribution in [1.82, 2.24) is 10.3 Å². The summed E-state index contributed by atoms with van der Waals surface area (Å²) in [6.07, 6.45) is 3.20. The molecule has 0 amide bonds. The highest BCUT2D eigenvalue weighted by Gasteiger charge is 2.36. The van der Waals surface area contributed by atoms with E-state index in [1.54, 1.807) is 11.3 Å². The van der Waals surface area contributed by atoms with E-state index in [9.17, 15) is 5.26 Å². The molecule has 0 unspecified atom stereocenters. The van der Waals surface area contributed by atoms with Gasteiger partial charge in [0.2, 0.25) is 0 Å². The number of thiophene rings is 1. The molecule has 1 fully saturated rings. The maximum absolute atomic E-state index is 9.48. The third kappa shape index (κ3) is 1.59. The fourth-order valence-electron chi connectivity index (χ4n) is 3.46. The first-order valence-electron chi connectivity index (χ1n) is 6.79. The predicted molar refractivity (Wildman–Crippen MR) is 79.3 cm³/mol. The van der Waals surface area contributed by atoms with Crippen molar-refractivity contribution in [2.75, 3.05) is 5.73 Å². The molecule has 2 bridgehead atoms. The number of rotatable bonds is 1. The fourth-order valence-corrected chi connectivity index (χ4v) is 4.11. The van der Waals surface area contributed by atoms with Crippen LogP contribution in [0.1, 0.15) is 35.7 Å². The molecule has 5 heteroatoms. The van der Waals surface area contributed by atoms with Crippen LogP contribution in [0, 0.1) is 11.3 Å². The van der Waals surface area contributed by atoms with Crippen LogP contribution in [0.5, 0.6) is 0 Å². The molecule has 4 heterocycles. The van der Waals surface area contributed by atoms with Crippen molar-refractivity contribution < 1.29 is 0 Å². The van der Waals surface area contributed by atoms with E-state index in [0.29, 0.717) is 23.5 Å². The summed E-state index contributed by atoms with van der Waals surface area (Å²) >= 11 is 1.64. The first-order valence-corrected chi connectivity index (χ1v) is 7.73. The number of nitrogens with two attached hydrogens (primary N) is 1. The van der Waals surface area contributed by atoms with E-state index in [2.05, 4.69) is 27.8 Å². The summed E-state index contributed by atoms with van der Waals surface area (Å²) in [5.41, 5.74) is 10.9. The van der Waals surface area contributed by atoms with E-state index in [1.165, 1.54) is 12.0 Å². The van der Waals surface area contributed by atoms with Crippen molar-refractivity contribution in [3.8, 4) is 17.2 Å². The first kappa shape index (κ1) is 11.9. The molecule has 4 rings (SSSR count). The van der Waals surface area contributed by atoms with Crippen LogP contribution in [0.25, 0.3) is 11.1 Å². The molecule has 2 aliphatic heterocycles. The zero-order valence-electron chi connectivity index (χ0n) is 10.9. The van der Waals surface area contributed by atoms with E-state index >= 15 is 0 Å². The third-order valence-corrected chi connectivity index (χ3v) is 4.98. The molecule has 0 aliphatic carbocycles. The number of pyridine rings is 1. The van der Waals surface area contributed by atoms with Gasteiger partial charge in [-0.3, -0.25) is 0 Å². The number of nitrogen functional groups attached to an aromatic ring is 1. The molecule has 0 aromatic carbocycles. The lowest BCUT2D eigenvalue weighted by atomic mass is 9.89. The topological polar surface area (TPSA) is 74.7 Å². The standard InChI is InChI=1S/C15H14N4S/c16-6-10-13(8-3-4-20-7-8)14-11-2-1-9(18-11)5-12(14)19-15(10)17/h3-4,7,9,11,18H,1-2,5H2,(H2,17,19)/t9-,11+/m0/s1. The first-order chi connectivity index (χ1) is 9.78. The number of hydrogen-bond donors (Lipinski definition) is 2. The quantitative estimate of drug-likeness (QED) is 0.843. The lowest BCUT2D eigenvalue weighted by Crippen LogP contribution is -2.33. The molecule has 3 N–H and O–H groups in total. The summed E-state index contributed by atoms with van der Waals surface area (Å²) in [5.74, 6) is 0.369. The molecule has 0 spiro atoms. The van der Waals surface area contributed by atoms with Crippen LogP contribution in [0.3, 0.4) is 0 Å². The molecular formula is C15H14N4S. The summed E-state index contributed by atoms with van der Waals surface area (Å²) in [6, 6.07) is 5.14. The number of aromatic nitrogens is 1. The van der Waals surface area contributed by atoms with E-state index in [0.717, 1.165) is 29.7 Å². The second kappa shape index (κ2) is 4.30. The lowest BCUT2D eigenvalue weighted by molar-refractivity contribution is 0.508. The van der Waals surface area contributed by atoms with Gasteiger partial charge in [-0.15, -0.1) is 0 Å². The lowest BCUT2D eigenvalue weighted by Gasteiger charge is -2.27. The van der Waals surface area contributed by atoms with Gasteiger partial charge in [-0.05, 0) is 40.8 Å². The maximum Gasteiger partial charge on any atom is 0.142 e. The Morgan fingerprint density at radius 1 is 1.45 bits per heavy atom. The summed E-state index contributed by atoms with van der Waals surface area (Å²) < 4.78 is 0. The SMILES string of the molecule is N#Cc1c(N)nc2c(c1-c1ccsc1)[C@H]1CC[C@@H](C2)N1. The van der Waals surface area contributed by atoms with Gasteiger partial charge < -0.3 is 11.1 Å². The predicted octanol–water partition coefficient (Wildman–Crippen LogP) is 2.61. The highest BCUT2D eigenvalue weighted by atomic mass is 32.1. The van der Waals surface area contributed by atoms with Crippen LogP contribution in [-0.4, -0.2) is 11.0 Å². The smallest absolute Gasteiger partial charge is 0.142 e. The Morgan fingerprint density at radius 2 is 2.35 bits per heavy atom. The molecule has 4 nitrogen and oxygen atoms in total. The van der Waals surface area contributed by atoms with Gasteiger partial charge in [0, 0.05) is 29.8 Å². The van der Waals surface area contributed by atoms with Crippen LogP contribution in [0.4, 0.5) is 5.82 Å². The van der Waals surface area contributed by atoms with Crippen LogP contribution < -0.4 is 11.1 Å². The highest BCUT2D eigenvalue weighted by molar-refractivity contribution is 7.08. The number of nitrogens with zero attached hydrogens (tertiary/aromatic N) is 2. The average Bonchev–Trinajstić information content (AvgIpc) is 3.07. The Morgan fingerprint density at radius 3 is 3.10 bits per heavy atom.